The molecule has 0 aromatic carbocycles. The van der Waals surface area contributed by atoms with Crippen LogP contribution in [0.25, 0.3) is 0 Å². The van der Waals surface area contributed by atoms with Crippen LogP contribution in [0.15, 0.2) is 18.3 Å². The molecule has 6 heteroatoms. The zero-order chi connectivity index (χ0) is 16.9. The normalized spacial score (nSPS) is 17.4. The molecule has 0 spiro atoms. The van der Waals surface area contributed by atoms with E-state index in [-0.39, 0.29) is 5.91 Å². The highest BCUT2D eigenvalue weighted by atomic mass is 32.1. The molecule has 5 nitrogen and oxygen atoms in total. The average Bonchev–Trinajstić information content (AvgIpc) is 3.22. The van der Waals surface area contributed by atoms with Gasteiger partial charge in [0, 0.05) is 24.5 Å². The molecular weight excluding hydrogens is 320 g/mol. The van der Waals surface area contributed by atoms with E-state index in [0.29, 0.717) is 6.04 Å². The molecule has 1 saturated heterocycles. The predicted octanol–water partition coefficient (Wildman–Crippen LogP) is 3.43. The first-order valence-corrected chi connectivity index (χ1v) is 9.50. The van der Waals surface area contributed by atoms with Crippen molar-refractivity contribution < 1.29 is 4.79 Å². The minimum atomic E-state index is 0.127. The minimum Gasteiger partial charge on any atom is -0.335 e. The van der Waals surface area contributed by atoms with Crippen molar-refractivity contribution in [1.82, 2.24) is 19.5 Å². The molecule has 0 radical (unpaired) electrons. The molecule has 1 atom stereocenters. The van der Waals surface area contributed by atoms with Gasteiger partial charge in [0.2, 0.25) is 0 Å². The lowest BCUT2D eigenvalue weighted by Gasteiger charge is -2.24. The first-order chi connectivity index (χ1) is 11.7. The van der Waals surface area contributed by atoms with Gasteiger partial charge in [-0.1, -0.05) is 17.8 Å². The molecule has 3 heterocycles. The summed E-state index contributed by atoms with van der Waals surface area (Å²) < 4.78 is 4.00. The smallest absolute Gasteiger partial charge is 0.267 e. The van der Waals surface area contributed by atoms with Crippen LogP contribution in [0.2, 0.25) is 0 Å². The van der Waals surface area contributed by atoms with Crippen molar-refractivity contribution in [1.29, 1.82) is 0 Å². The maximum absolute atomic E-state index is 12.9. The Hall–Kier alpha value is -1.82. The van der Waals surface area contributed by atoms with Gasteiger partial charge >= 0.3 is 0 Å². The van der Waals surface area contributed by atoms with Gasteiger partial charge in [-0.3, -0.25) is 9.78 Å². The largest absolute Gasteiger partial charge is 0.335 e. The topological polar surface area (TPSA) is 59.0 Å². The van der Waals surface area contributed by atoms with Crippen LogP contribution in [0.1, 0.15) is 59.2 Å². The van der Waals surface area contributed by atoms with Crippen LogP contribution in [0.5, 0.6) is 0 Å². The molecule has 1 amide bonds. The number of amides is 1. The van der Waals surface area contributed by atoms with Crippen LogP contribution < -0.4 is 0 Å². The number of hydrogen-bond donors (Lipinski definition) is 0. The molecule has 0 aliphatic carbocycles. The summed E-state index contributed by atoms with van der Waals surface area (Å²) in [6, 6.07) is 4.52. The molecule has 0 saturated carbocycles. The highest BCUT2D eigenvalue weighted by molar-refractivity contribution is 7.08. The number of carbonyl (C=O) groups excluding carboxylic acids is 1. The second-order valence-electron chi connectivity index (χ2n) is 6.44. The molecule has 0 bridgehead atoms. The van der Waals surface area contributed by atoms with Crippen molar-refractivity contribution in [2.24, 2.45) is 0 Å². The van der Waals surface area contributed by atoms with Gasteiger partial charge in [-0.15, -0.1) is 5.10 Å². The number of aromatic nitrogens is 3. The van der Waals surface area contributed by atoms with Crippen LogP contribution in [0.3, 0.4) is 0 Å². The Kier molecular flexibility index (Phi) is 5.56. The lowest BCUT2D eigenvalue weighted by atomic mass is 10.0. The standard InChI is InChI=1S/C18H24N4OS/c1-3-5-16-17(24-21-20-16)18(23)22-11-4-6-15(22)8-7-14-9-10-19-13(2)12-14/h9-10,12,15H,3-8,11H2,1-2H3. The van der Waals surface area contributed by atoms with Crippen molar-refractivity contribution in [2.45, 2.75) is 58.4 Å². The first kappa shape index (κ1) is 17.0. The summed E-state index contributed by atoms with van der Waals surface area (Å²) in [7, 11) is 0. The van der Waals surface area contributed by atoms with Crippen LogP contribution in [-0.4, -0.2) is 38.0 Å². The van der Waals surface area contributed by atoms with E-state index in [0.717, 1.165) is 61.3 Å². The zero-order valence-electron chi connectivity index (χ0n) is 14.4. The van der Waals surface area contributed by atoms with E-state index in [9.17, 15) is 4.79 Å². The maximum atomic E-state index is 12.9. The highest BCUT2D eigenvalue weighted by Gasteiger charge is 2.31. The molecule has 1 fully saturated rings. The van der Waals surface area contributed by atoms with Gasteiger partial charge in [0.05, 0.1) is 5.69 Å². The molecule has 1 aliphatic heterocycles. The van der Waals surface area contributed by atoms with Crippen molar-refractivity contribution in [3.05, 3.63) is 40.2 Å². The fraction of sp³-hybridized carbons (Fsp3) is 0.556. The molecule has 24 heavy (non-hydrogen) atoms. The zero-order valence-corrected chi connectivity index (χ0v) is 15.2. The fourth-order valence-corrected chi connectivity index (χ4v) is 4.06. The second kappa shape index (κ2) is 7.83. The van der Waals surface area contributed by atoms with E-state index in [4.69, 9.17) is 0 Å². The Morgan fingerprint density at radius 3 is 3.08 bits per heavy atom. The van der Waals surface area contributed by atoms with E-state index in [1.54, 1.807) is 0 Å². The van der Waals surface area contributed by atoms with Gasteiger partial charge in [0.15, 0.2) is 0 Å². The maximum Gasteiger partial charge on any atom is 0.267 e. The molecule has 2 aromatic rings. The second-order valence-corrected chi connectivity index (χ2v) is 7.19. The van der Waals surface area contributed by atoms with Crippen LogP contribution in [0, 0.1) is 6.92 Å². The minimum absolute atomic E-state index is 0.127. The van der Waals surface area contributed by atoms with Gasteiger partial charge in [-0.25, -0.2) is 0 Å². The van der Waals surface area contributed by atoms with Gasteiger partial charge in [0.1, 0.15) is 4.88 Å². The number of nitrogens with zero attached hydrogens (tertiary/aromatic N) is 4. The fourth-order valence-electron chi connectivity index (χ4n) is 3.40. The van der Waals surface area contributed by atoms with Crippen molar-refractivity contribution in [3.63, 3.8) is 0 Å². The van der Waals surface area contributed by atoms with Gasteiger partial charge < -0.3 is 4.90 Å². The Bertz CT molecular complexity index is 700. The third-order valence-electron chi connectivity index (χ3n) is 4.60. The Labute approximate surface area is 147 Å². The van der Waals surface area contributed by atoms with E-state index >= 15 is 0 Å². The first-order valence-electron chi connectivity index (χ1n) is 8.72. The Morgan fingerprint density at radius 1 is 1.42 bits per heavy atom. The SMILES string of the molecule is CCCc1nnsc1C(=O)N1CCCC1CCc1ccnc(C)c1. The lowest BCUT2D eigenvalue weighted by Crippen LogP contribution is -2.35. The van der Waals surface area contributed by atoms with Gasteiger partial charge in [0.25, 0.3) is 5.91 Å². The third-order valence-corrected chi connectivity index (χ3v) is 5.36. The summed E-state index contributed by atoms with van der Waals surface area (Å²) in [4.78, 5) is 20.0. The summed E-state index contributed by atoms with van der Waals surface area (Å²) in [5.74, 6) is 0.127. The summed E-state index contributed by atoms with van der Waals surface area (Å²) in [5, 5.41) is 4.14. The van der Waals surface area contributed by atoms with E-state index in [2.05, 4.69) is 33.6 Å². The summed E-state index contributed by atoms with van der Waals surface area (Å²) >= 11 is 1.24. The number of aryl methyl sites for hydroxylation is 3. The molecule has 1 aliphatic rings. The quantitative estimate of drug-likeness (QED) is 0.805. The van der Waals surface area contributed by atoms with Gasteiger partial charge in [-0.05, 0) is 68.3 Å². The summed E-state index contributed by atoms with van der Waals surface area (Å²) in [6.07, 6.45) is 7.84. The summed E-state index contributed by atoms with van der Waals surface area (Å²) in [5.41, 5.74) is 3.21. The predicted molar refractivity (Wildman–Crippen MR) is 95.3 cm³/mol. The Morgan fingerprint density at radius 2 is 2.29 bits per heavy atom. The number of carbonyl (C=O) groups is 1. The van der Waals surface area contributed by atoms with Crippen molar-refractivity contribution in [3.8, 4) is 0 Å². The Balaban J connectivity index is 1.66. The number of rotatable bonds is 6. The van der Waals surface area contributed by atoms with Crippen molar-refractivity contribution >= 4 is 17.4 Å². The van der Waals surface area contributed by atoms with E-state index < -0.39 is 0 Å². The van der Waals surface area contributed by atoms with Crippen LogP contribution in [0.4, 0.5) is 0 Å². The monoisotopic (exact) mass is 344 g/mol. The molecule has 1 unspecified atom stereocenters. The van der Waals surface area contributed by atoms with Crippen LogP contribution in [-0.2, 0) is 12.8 Å². The third kappa shape index (κ3) is 3.80. The lowest BCUT2D eigenvalue weighted by molar-refractivity contribution is 0.0734. The average molecular weight is 344 g/mol. The van der Waals surface area contributed by atoms with Crippen molar-refractivity contribution in [2.75, 3.05) is 6.54 Å². The summed E-state index contributed by atoms with van der Waals surface area (Å²) in [6.45, 7) is 4.96. The van der Waals surface area contributed by atoms with E-state index in [1.165, 1.54) is 17.1 Å². The van der Waals surface area contributed by atoms with E-state index in [1.807, 2.05) is 18.0 Å². The molecule has 0 N–H and O–H groups in total. The van der Waals surface area contributed by atoms with Gasteiger partial charge in [-0.2, -0.15) is 0 Å². The molecule has 2 aromatic heterocycles. The highest BCUT2D eigenvalue weighted by Crippen LogP contribution is 2.26. The molecular formula is C18H24N4OS. The number of pyridine rings is 1. The number of likely N-dealkylation sites (tertiary alicyclic amines) is 1. The molecule has 3 rings (SSSR count). The van der Waals surface area contributed by atoms with Crippen LogP contribution >= 0.6 is 11.5 Å². The molecule has 128 valence electrons. The number of hydrogen-bond acceptors (Lipinski definition) is 5.